The summed E-state index contributed by atoms with van der Waals surface area (Å²) in [6, 6.07) is 0. The number of methoxy groups -OCH3 is 1. The number of ketones is 1. The number of nitrogens with two attached hydrogens (primary N) is 1. The molecule has 0 radical (unpaired) electrons. The fourth-order valence-electron chi connectivity index (χ4n) is 7.74. The third-order valence-electron chi connectivity index (χ3n) is 9.18. The average Bonchev–Trinajstić information content (AvgIpc) is 2.98. The Morgan fingerprint density at radius 3 is 2.71 bits per heavy atom. The molecule has 4 aliphatic rings. The van der Waals surface area contributed by atoms with Gasteiger partial charge in [-0.15, -0.1) is 0 Å². The second-order valence-corrected chi connectivity index (χ2v) is 10.3. The minimum Gasteiger partial charge on any atom is -0.395 e. The molecule has 2 N–H and O–H groups in total. The molecule has 0 aromatic rings. The molecular formula is C23H38N2O3. The molecule has 4 rings (SSSR count). The van der Waals surface area contributed by atoms with E-state index in [0.29, 0.717) is 48.0 Å². The van der Waals surface area contributed by atoms with Crippen LogP contribution in [-0.2, 0) is 14.4 Å². The van der Waals surface area contributed by atoms with Crippen molar-refractivity contribution in [1.29, 1.82) is 0 Å². The van der Waals surface area contributed by atoms with E-state index < -0.39 is 0 Å². The molecule has 0 aliphatic heterocycles. The van der Waals surface area contributed by atoms with Crippen molar-refractivity contribution < 1.29 is 14.4 Å². The molecule has 28 heavy (non-hydrogen) atoms. The Balaban J connectivity index is 1.60. The van der Waals surface area contributed by atoms with Crippen molar-refractivity contribution in [3.05, 3.63) is 0 Å². The van der Waals surface area contributed by atoms with Gasteiger partial charge < -0.3 is 15.3 Å². The van der Waals surface area contributed by atoms with Gasteiger partial charge in [0.15, 0.2) is 0 Å². The predicted octanol–water partition coefficient (Wildman–Crippen LogP) is 3.80. The van der Waals surface area contributed by atoms with Gasteiger partial charge in [0.2, 0.25) is 0 Å². The zero-order valence-corrected chi connectivity index (χ0v) is 17.9. The van der Waals surface area contributed by atoms with Crippen LogP contribution in [0, 0.1) is 40.4 Å². The fraction of sp³-hybridized carbons (Fsp3) is 0.913. The lowest BCUT2D eigenvalue weighted by Crippen LogP contribution is -2.57. The van der Waals surface area contributed by atoms with E-state index in [4.69, 9.17) is 15.3 Å². The fourth-order valence-corrected chi connectivity index (χ4v) is 7.74. The smallest absolute Gasteiger partial charge is 0.139 e. The van der Waals surface area contributed by atoms with Crippen LogP contribution >= 0.6 is 0 Å². The normalized spacial score (nSPS) is 46.8. The Morgan fingerprint density at radius 1 is 1.14 bits per heavy atom. The summed E-state index contributed by atoms with van der Waals surface area (Å²) in [6.45, 7) is 6.62. The summed E-state index contributed by atoms with van der Waals surface area (Å²) in [5.41, 5.74) is 7.00. The van der Waals surface area contributed by atoms with E-state index in [-0.39, 0.29) is 5.41 Å². The molecule has 0 unspecified atom stereocenters. The van der Waals surface area contributed by atoms with Gasteiger partial charge >= 0.3 is 0 Å². The average molecular weight is 391 g/mol. The highest BCUT2D eigenvalue weighted by Gasteiger charge is 2.61. The molecule has 158 valence electrons. The summed E-state index contributed by atoms with van der Waals surface area (Å²) in [7, 11) is 1.83. The standard InChI is InChI=1S/C23H38N2O3/c1-22-8-6-16(25-28-11-10-24)13-20(22)15(14-27-3)12-17-18-4-5-21(26)23(18,2)9-7-19(17)22/h15,17-20H,4-14,24H2,1-3H3/b25-16+/t15-,17+,18+,19+,20-,22-,23+/m1/s1. The van der Waals surface area contributed by atoms with Crippen molar-refractivity contribution in [2.75, 3.05) is 26.9 Å². The number of rotatable bonds is 5. The molecule has 0 aromatic heterocycles. The molecule has 0 heterocycles. The molecular weight excluding hydrogens is 352 g/mol. The second-order valence-electron chi connectivity index (χ2n) is 10.3. The number of carbonyl (C=O) groups is 1. The van der Waals surface area contributed by atoms with Gasteiger partial charge in [0.1, 0.15) is 12.4 Å². The number of carbonyl (C=O) groups excluding carboxylic acids is 1. The van der Waals surface area contributed by atoms with Crippen LogP contribution in [0.15, 0.2) is 5.16 Å². The van der Waals surface area contributed by atoms with Crippen LogP contribution in [0.4, 0.5) is 0 Å². The van der Waals surface area contributed by atoms with E-state index in [0.717, 1.165) is 44.6 Å². The third-order valence-corrected chi connectivity index (χ3v) is 9.18. The van der Waals surface area contributed by atoms with Gasteiger partial charge in [0.25, 0.3) is 0 Å². The zero-order chi connectivity index (χ0) is 19.9. The quantitative estimate of drug-likeness (QED) is 0.572. The number of oxime groups is 1. The van der Waals surface area contributed by atoms with Crippen LogP contribution in [0.2, 0.25) is 0 Å². The number of Topliss-reactive ketones (excluding diaryl/α,β-unsaturated/α-hetero) is 1. The number of fused-ring (bicyclic) bond motifs is 5. The molecule has 0 bridgehead atoms. The minimum absolute atomic E-state index is 0.0562. The molecule has 4 fully saturated rings. The van der Waals surface area contributed by atoms with Gasteiger partial charge in [-0.25, -0.2) is 0 Å². The molecule has 0 amide bonds. The minimum atomic E-state index is -0.0562. The second kappa shape index (κ2) is 7.71. The van der Waals surface area contributed by atoms with Gasteiger partial charge in [0, 0.05) is 32.1 Å². The van der Waals surface area contributed by atoms with Crippen molar-refractivity contribution in [3.63, 3.8) is 0 Å². The monoisotopic (exact) mass is 390 g/mol. The molecule has 0 saturated heterocycles. The first kappa shape index (κ1) is 20.3. The Kier molecular flexibility index (Phi) is 5.60. The van der Waals surface area contributed by atoms with Crippen LogP contribution in [-0.4, -0.2) is 38.4 Å². The maximum absolute atomic E-state index is 12.7. The highest BCUT2D eigenvalue weighted by atomic mass is 16.6. The van der Waals surface area contributed by atoms with E-state index in [1.165, 1.54) is 25.0 Å². The van der Waals surface area contributed by atoms with Crippen molar-refractivity contribution >= 4 is 11.5 Å². The summed E-state index contributed by atoms with van der Waals surface area (Å²) >= 11 is 0. The van der Waals surface area contributed by atoms with Crippen molar-refractivity contribution in [2.45, 2.75) is 65.2 Å². The first-order chi connectivity index (χ1) is 13.4. The van der Waals surface area contributed by atoms with Crippen molar-refractivity contribution in [3.8, 4) is 0 Å². The highest BCUT2D eigenvalue weighted by molar-refractivity contribution is 5.87. The van der Waals surface area contributed by atoms with Crippen LogP contribution in [0.3, 0.4) is 0 Å². The summed E-state index contributed by atoms with van der Waals surface area (Å²) in [4.78, 5) is 18.1. The van der Waals surface area contributed by atoms with Gasteiger partial charge in [-0.2, -0.15) is 0 Å². The molecule has 4 saturated carbocycles. The molecule has 5 nitrogen and oxygen atoms in total. The highest BCUT2D eigenvalue weighted by Crippen LogP contribution is 2.66. The van der Waals surface area contributed by atoms with Gasteiger partial charge in [0.05, 0.1) is 5.71 Å². The van der Waals surface area contributed by atoms with Gasteiger partial charge in [-0.1, -0.05) is 19.0 Å². The van der Waals surface area contributed by atoms with Crippen LogP contribution in [0.5, 0.6) is 0 Å². The Hall–Kier alpha value is -0.940. The summed E-state index contributed by atoms with van der Waals surface area (Å²) in [5.74, 6) is 3.68. The Bertz CT molecular complexity index is 635. The zero-order valence-electron chi connectivity index (χ0n) is 17.9. The van der Waals surface area contributed by atoms with Crippen molar-refractivity contribution in [2.24, 2.45) is 51.3 Å². The van der Waals surface area contributed by atoms with E-state index in [9.17, 15) is 4.79 Å². The van der Waals surface area contributed by atoms with E-state index in [1.54, 1.807) is 0 Å². The first-order valence-electron chi connectivity index (χ1n) is 11.3. The number of hydrogen-bond donors (Lipinski definition) is 1. The molecule has 4 aliphatic carbocycles. The van der Waals surface area contributed by atoms with Gasteiger partial charge in [-0.05, 0) is 80.0 Å². The van der Waals surface area contributed by atoms with E-state index in [2.05, 4.69) is 19.0 Å². The van der Waals surface area contributed by atoms with E-state index in [1.807, 2.05) is 7.11 Å². The molecule has 5 heteroatoms. The number of ether oxygens (including phenoxy) is 1. The molecule has 0 spiro atoms. The lowest BCUT2D eigenvalue weighted by atomic mass is 9.43. The number of hydrogen-bond acceptors (Lipinski definition) is 5. The van der Waals surface area contributed by atoms with Crippen LogP contribution in [0.25, 0.3) is 0 Å². The van der Waals surface area contributed by atoms with Crippen molar-refractivity contribution in [1.82, 2.24) is 0 Å². The van der Waals surface area contributed by atoms with Crippen LogP contribution < -0.4 is 5.73 Å². The molecule has 0 aromatic carbocycles. The first-order valence-corrected chi connectivity index (χ1v) is 11.3. The number of nitrogens with zero attached hydrogens (tertiary/aromatic N) is 1. The summed E-state index contributed by atoms with van der Waals surface area (Å²) < 4.78 is 5.69. The maximum Gasteiger partial charge on any atom is 0.139 e. The Morgan fingerprint density at radius 2 is 1.96 bits per heavy atom. The Labute approximate surface area is 169 Å². The summed E-state index contributed by atoms with van der Waals surface area (Å²) in [5, 5.41) is 4.42. The largest absolute Gasteiger partial charge is 0.395 e. The summed E-state index contributed by atoms with van der Waals surface area (Å²) in [6.07, 6.45) is 8.66. The SMILES string of the molecule is COC[C@H]1C[C@@H]2[C@H](CC[C@]3(C)C(=O)CC[C@@H]23)[C@@]2(C)CC/C(=N\OCCN)C[C@H]12. The lowest BCUT2D eigenvalue weighted by molar-refractivity contribution is -0.145. The topological polar surface area (TPSA) is 73.9 Å². The lowest BCUT2D eigenvalue weighted by Gasteiger charge is -2.61. The van der Waals surface area contributed by atoms with Crippen LogP contribution in [0.1, 0.15) is 65.2 Å². The maximum atomic E-state index is 12.7. The van der Waals surface area contributed by atoms with Gasteiger partial charge in [-0.3, -0.25) is 4.79 Å². The third kappa shape index (κ3) is 3.13. The van der Waals surface area contributed by atoms with E-state index >= 15 is 0 Å². The predicted molar refractivity (Wildman–Crippen MR) is 110 cm³/mol. The molecule has 7 atom stereocenters.